The van der Waals surface area contributed by atoms with E-state index in [-0.39, 0.29) is 5.41 Å². The maximum absolute atomic E-state index is 5.78. The van der Waals surface area contributed by atoms with Crippen molar-refractivity contribution in [1.82, 2.24) is 5.32 Å². The summed E-state index contributed by atoms with van der Waals surface area (Å²) in [5, 5.41) is 3.60. The molecule has 1 heterocycles. The van der Waals surface area contributed by atoms with Gasteiger partial charge in [-0.2, -0.15) is 0 Å². The first-order valence-electron chi connectivity index (χ1n) is 7.89. The molecule has 112 valence electrons. The molecule has 1 aromatic carbocycles. The van der Waals surface area contributed by atoms with Crippen molar-refractivity contribution < 1.29 is 4.74 Å². The highest BCUT2D eigenvalue weighted by atomic mass is 16.5. The summed E-state index contributed by atoms with van der Waals surface area (Å²) in [6.45, 7) is 10.2. The molecule has 2 heteroatoms. The van der Waals surface area contributed by atoms with Crippen molar-refractivity contribution in [2.45, 2.75) is 64.8 Å². The van der Waals surface area contributed by atoms with Crippen LogP contribution in [0, 0.1) is 0 Å². The van der Waals surface area contributed by atoms with E-state index in [1.165, 1.54) is 29.5 Å². The van der Waals surface area contributed by atoms with E-state index < -0.39 is 0 Å². The number of methoxy groups -OCH3 is 1. The minimum absolute atomic E-state index is 0.119. The van der Waals surface area contributed by atoms with Crippen LogP contribution in [0.4, 0.5) is 0 Å². The van der Waals surface area contributed by atoms with Crippen LogP contribution in [0.1, 0.15) is 57.2 Å². The van der Waals surface area contributed by atoms with Crippen molar-refractivity contribution in [2.24, 2.45) is 0 Å². The second-order valence-electron chi connectivity index (χ2n) is 6.94. The lowest BCUT2D eigenvalue weighted by molar-refractivity contribution is 0.389. The van der Waals surface area contributed by atoms with Crippen molar-refractivity contribution in [3.05, 3.63) is 28.8 Å². The average molecular weight is 275 g/mol. The first kappa shape index (κ1) is 15.4. The van der Waals surface area contributed by atoms with Gasteiger partial charge in [-0.25, -0.2) is 0 Å². The van der Waals surface area contributed by atoms with E-state index in [1.54, 1.807) is 0 Å². The lowest BCUT2D eigenvalue weighted by Gasteiger charge is -2.26. The lowest BCUT2D eigenvalue weighted by Crippen LogP contribution is -2.24. The van der Waals surface area contributed by atoms with Gasteiger partial charge < -0.3 is 10.1 Å². The molecular formula is C18H29NO. The zero-order valence-electron chi connectivity index (χ0n) is 13.7. The topological polar surface area (TPSA) is 21.3 Å². The van der Waals surface area contributed by atoms with Crippen LogP contribution in [0.2, 0.25) is 0 Å². The Morgan fingerprint density at radius 2 is 2.05 bits per heavy atom. The van der Waals surface area contributed by atoms with E-state index in [4.69, 9.17) is 4.74 Å². The van der Waals surface area contributed by atoms with Gasteiger partial charge in [-0.3, -0.25) is 0 Å². The molecule has 2 nitrogen and oxygen atoms in total. The van der Waals surface area contributed by atoms with E-state index in [0.717, 1.165) is 25.1 Å². The number of aryl methyl sites for hydroxylation is 1. The Labute approximate surface area is 123 Å². The fourth-order valence-electron chi connectivity index (χ4n) is 3.11. The molecule has 1 fully saturated rings. The van der Waals surface area contributed by atoms with Crippen molar-refractivity contribution in [2.75, 3.05) is 13.7 Å². The number of ether oxygens (including phenoxy) is 1. The summed E-state index contributed by atoms with van der Waals surface area (Å²) in [6.07, 6.45) is 4.75. The third kappa shape index (κ3) is 3.35. The lowest BCUT2D eigenvalue weighted by atomic mass is 9.82. The molecule has 0 amide bonds. The molecule has 2 rings (SSSR count). The van der Waals surface area contributed by atoms with Crippen molar-refractivity contribution >= 4 is 0 Å². The quantitative estimate of drug-likeness (QED) is 0.901. The predicted octanol–water partition coefficient (Wildman–Crippen LogP) is 3.85. The van der Waals surface area contributed by atoms with Gasteiger partial charge in [-0.15, -0.1) is 0 Å². The Morgan fingerprint density at radius 3 is 2.55 bits per heavy atom. The standard InChI is InChI=1S/C18H29NO/c1-6-13-10-14(12-15-8-7-9-19-15)17(20-5)16(11-13)18(2,3)4/h10-11,15,19H,6-9,12H2,1-5H3. The normalized spacial score (nSPS) is 19.4. The molecule has 1 N–H and O–H groups in total. The SMILES string of the molecule is CCc1cc(CC2CCCN2)c(OC)c(C(C)(C)C)c1. The minimum Gasteiger partial charge on any atom is -0.496 e. The highest BCUT2D eigenvalue weighted by molar-refractivity contribution is 5.48. The van der Waals surface area contributed by atoms with Crippen LogP contribution < -0.4 is 10.1 Å². The second kappa shape index (κ2) is 6.17. The molecule has 1 aliphatic heterocycles. The fraction of sp³-hybridized carbons (Fsp3) is 0.667. The highest BCUT2D eigenvalue weighted by Crippen LogP contribution is 2.36. The van der Waals surface area contributed by atoms with Gasteiger partial charge in [0.2, 0.25) is 0 Å². The van der Waals surface area contributed by atoms with Crippen LogP contribution in [-0.2, 0) is 18.3 Å². The molecular weight excluding hydrogens is 246 g/mol. The van der Waals surface area contributed by atoms with Gasteiger partial charge in [0, 0.05) is 11.6 Å². The summed E-state index contributed by atoms with van der Waals surface area (Å²) in [5.41, 5.74) is 4.25. The first-order valence-corrected chi connectivity index (χ1v) is 7.89. The summed E-state index contributed by atoms with van der Waals surface area (Å²) in [4.78, 5) is 0. The number of rotatable bonds is 4. The molecule has 1 saturated heterocycles. The summed E-state index contributed by atoms with van der Waals surface area (Å²) in [7, 11) is 1.81. The Morgan fingerprint density at radius 1 is 1.30 bits per heavy atom. The second-order valence-corrected chi connectivity index (χ2v) is 6.94. The molecule has 1 aromatic rings. The molecule has 0 spiro atoms. The zero-order valence-corrected chi connectivity index (χ0v) is 13.7. The van der Waals surface area contributed by atoms with E-state index >= 15 is 0 Å². The summed E-state index contributed by atoms with van der Waals surface area (Å²) in [6, 6.07) is 5.28. The van der Waals surface area contributed by atoms with E-state index in [0.29, 0.717) is 6.04 Å². The number of benzene rings is 1. The number of hydrogen-bond acceptors (Lipinski definition) is 2. The average Bonchev–Trinajstić information content (AvgIpc) is 2.89. The molecule has 1 unspecified atom stereocenters. The van der Waals surface area contributed by atoms with Crippen molar-refractivity contribution in [3.63, 3.8) is 0 Å². The van der Waals surface area contributed by atoms with Gasteiger partial charge in [0.1, 0.15) is 5.75 Å². The Bertz CT molecular complexity index is 453. The smallest absolute Gasteiger partial charge is 0.125 e. The van der Waals surface area contributed by atoms with Gasteiger partial charge in [0.25, 0.3) is 0 Å². The van der Waals surface area contributed by atoms with Gasteiger partial charge in [0.15, 0.2) is 0 Å². The molecule has 0 bridgehead atoms. The van der Waals surface area contributed by atoms with Crippen molar-refractivity contribution in [1.29, 1.82) is 0 Å². The molecule has 0 aromatic heterocycles. The van der Waals surface area contributed by atoms with Crippen LogP contribution in [0.15, 0.2) is 12.1 Å². The van der Waals surface area contributed by atoms with Crippen molar-refractivity contribution in [3.8, 4) is 5.75 Å². The number of nitrogens with one attached hydrogen (secondary N) is 1. The molecule has 1 aliphatic rings. The molecule has 20 heavy (non-hydrogen) atoms. The molecule has 0 radical (unpaired) electrons. The van der Waals surface area contributed by atoms with Crippen LogP contribution in [0.25, 0.3) is 0 Å². The molecule has 0 saturated carbocycles. The van der Waals surface area contributed by atoms with Crippen LogP contribution >= 0.6 is 0 Å². The molecule has 1 atom stereocenters. The Kier molecular flexibility index (Phi) is 4.74. The van der Waals surface area contributed by atoms with E-state index in [1.807, 2.05) is 7.11 Å². The summed E-state index contributed by atoms with van der Waals surface area (Å²) >= 11 is 0. The Balaban J connectivity index is 2.41. The van der Waals surface area contributed by atoms with Crippen LogP contribution in [0.3, 0.4) is 0 Å². The largest absolute Gasteiger partial charge is 0.496 e. The maximum Gasteiger partial charge on any atom is 0.125 e. The Hall–Kier alpha value is -1.02. The predicted molar refractivity (Wildman–Crippen MR) is 85.8 cm³/mol. The van der Waals surface area contributed by atoms with Crippen LogP contribution in [-0.4, -0.2) is 19.7 Å². The third-order valence-electron chi connectivity index (χ3n) is 4.27. The first-order chi connectivity index (χ1) is 9.45. The highest BCUT2D eigenvalue weighted by Gasteiger charge is 2.24. The van der Waals surface area contributed by atoms with Gasteiger partial charge >= 0.3 is 0 Å². The number of hydrogen-bond donors (Lipinski definition) is 1. The van der Waals surface area contributed by atoms with E-state index in [2.05, 4.69) is 45.1 Å². The maximum atomic E-state index is 5.78. The van der Waals surface area contributed by atoms with Gasteiger partial charge in [0.05, 0.1) is 7.11 Å². The fourth-order valence-corrected chi connectivity index (χ4v) is 3.11. The third-order valence-corrected chi connectivity index (χ3v) is 4.27. The molecule has 0 aliphatic carbocycles. The summed E-state index contributed by atoms with van der Waals surface area (Å²) in [5.74, 6) is 1.10. The monoisotopic (exact) mass is 275 g/mol. The minimum atomic E-state index is 0.119. The van der Waals surface area contributed by atoms with Gasteiger partial charge in [-0.1, -0.05) is 39.8 Å². The zero-order chi connectivity index (χ0) is 14.8. The van der Waals surface area contributed by atoms with Gasteiger partial charge in [-0.05, 0) is 48.8 Å². The van der Waals surface area contributed by atoms with Crippen LogP contribution in [0.5, 0.6) is 5.75 Å². The summed E-state index contributed by atoms with van der Waals surface area (Å²) < 4.78 is 5.78. The van der Waals surface area contributed by atoms with E-state index in [9.17, 15) is 0 Å².